The summed E-state index contributed by atoms with van der Waals surface area (Å²) in [4.78, 5) is 39.8. The van der Waals surface area contributed by atoms with Gasteiger partial charge in [0.2, 0.25) is 11.8 Å². The average molecular weight is 312 g/mol. The Morgan fingerprint density at radius 1 is 1.26 bits per heavy atom. The number of hydrogen-bond donors (Lipinski definition) is 1. The van der Waals surface area contributed by atoms with Crippen LogP contribution in [0, 0.1) is 11.3 Å². The summed E-state index contributed by atoms with van der Waals surface area (Å²) in [5.41, 5.74) is 0.950. The number of carbonyl (C=O) groups excluding carboxylic acids is 3. The topological polar surface area (TPSA) is 93.5 Å². The number of nitriles is 1. The van der Waals surface area contributed by atoms with Crippen LogP contribution in [-0.4, -0.2) is 59.2 Å². The lowest BCUT2D eigenvalue weighted by Gasteiger charge is -2.44. The van der Waals surface area contributed by atoms with Crippen LogP contribution in [0.2, 0.25) is 0 Å². The Balaban J connectivity index is 1.75. The van der Waals surface area contributed by atoms with Crippen molar-refractivity contribution in [1.29, 1.82) is 5.26 Å². The lowest BCUT2D eigenvalue weighted by molar-refractivity contribution is -0.151. The molecular weight excluding hydrogens is 296 g/mol. The Kier molecular flexibility index (Phi) is 3.74. The van der Waals surface area contributed by atoms with Crippen LogP contribution < -0.4 is 5.32 Å². The summed E-state index contributed by atoms with van der Waals surface area (Å²) in [6.45, 7) is 2.58. The number of piperazine rings is 2. The second-order valence-corrected chi connectivity index (χ2v) is 5.72. The van der Waals surface area contributed by atoms with Crippen LogP contribution in [0.1, 0.15) is 22.8 Å². The van der Waals surface area contributed by atoms with Crippen molar-refractivity contribution in [3.8, 4) is 6.07 Å². The number of amides is 3. The highest BCUT2D eigenvalue weighted by atomic mass is 16.2. The predicted molar refractivity (Wildman–Crippen MR) is 80.2 cm³/mol. The fourth-order valence-electron chi connectivity index (χ4n) is 2.95. The minimum atomic E-state index is -0.630. The standard InChI is InChI=1S/C16H16N4O3/c1-10-15(22)20-7-6-19(9-13(20)14(21)18-10)16(23)12-4-2-11(8-17)3-5-12/h2-5,10,13H,6-7,9H2,1H3,(H,18,21)/t10-,13+/m0/s1. The first-order valence-corrected chi connectivity index (χ1v) is 7.41. The molecule has 2 saturated heterocycles. The molecule has 2 aliphatic heterocycles. The van der Waals surface area contributed by atoms with Crippen molar-refractivity contribution in [3.05, 3.63) is 35.4 Å². The molecule has 3 rings (SSSR count). The Labute approximate surface area is 133 Å². The molecular formula is C16H16N4O3. The fourth-order valence-corrected chi connectivity index (χ4v) is 2.95. The van der Waals surface area contributed by atoms with Crippen LogP contribution in [0.5, 0.6) is 0 Å². The molecule has 23 heavy (non-hydrogen) atoms. The van der Waals surface area contributed by atoms with E-state index in [4.69, 9.17) is 5.26 Å². The summed E-state index contributed by atoms with van der Waals surface area (Å²) in [6.07, 6.45) is 0. The molecule has 1 N–H and O–H groups in total. The lowest BCUT2D eigenvalue weighted by atomic mass is 10.0. The number of nitrogens with zero attached hydrogens (tertiary/aromatic N) is 3. The van der Waals surface area contributed by atoms with Gasteiger partial charge in [-0.05, 0) is 31.2 Å². The van der Waals surface area contributed by atoms with Crippen LogP contribution in [-0.2, 0) is 9.59 Å². The summed E-state index contributed by atoms with van der Waals surface area (Å²) in [5.74, 6) is -0.539. The van der Waals surface area contributed by atoms with E-state index in [0.29, 0.717) is 24.2 Å². The Morgan fingerprint density at radius 3 is 2.61 bits per heavy atom. The van der Waals surface area contributed by atoms with Gasteiger partial charge in [-0.15, -0.1) is 0 Å². The van der Waals surface area contributed by atoms with E-state index in [1.54, 1.807) is 41.0 Å². The summed E-state index contributed by atoms with van der Waals surface area (Å²) < 4.78 is 0. The van der Waals surface area contributed by atoms with Gasteiger partial charge in [-0.1, -0.05) is 0 Å². The van der Waals surface area contributed by atoms with E-state index in [1.807, 2.05) is 6.07 Å². The first kappa shape index (κ1) is 15.0. The van der Waals surface area contributed by atoms with Crippen molar-refractivity contribution in [2.45, 2.75) is 19.0 Å². The van der Waals surface area contributed by atoms with Gasteiger partial charge in [-0.2, -0.15) is 5.26 Å². The third-order valence-corrected chi connectivity index (χ3v) is 4.24. The number of rotatable bonds is 1. The maximum Gasteiger partial charge on any atom is 0.253 e. The average Bonchev–Trinajstić information content (AvgIpc) is 2.59. The molecule has 7 heteroatoms. The maximum atomic E-state index is 12.5. The van der Waals surface area contributed by atoms with E-state index in [0.717, 1.165) is 0 Å². The number of nitrogens with one attached hydrogen (secondary N) is 1. The number of carbonyl (C=O) groups is 3. The molecule has 2 heterocycles. The van der Waals surface area contributed by atoms with E-state index in [2.05, 4.69) is 5.32 Å². The highest BCUT2D eigenvalue weighted by Gasteiger charge is 2.42. The van der Waals surface area contributed by atoms with E-state index >= 15 is 0 Å². The van der Waals surface area contributed by atoms with Crippen LogP contribution in [0.25, 0.3) is 0 Å². The molecule has 0 radical (unpaired) electrons. The third kappa shape index (κ3) is 2.63. The summed E-state index contributed by atoms with van der Waals surface area (Å²) in [6, 6.07) is 7.23. The third-order valence-electron chi connectivity index (χ3n) is 4.24. The molecule has 118 valence electrons. The molecule has 1 aromatic carbocycles. The molecule has 7 nitrogen and oxygen atoms in total. The zero-order valence-electron chi connectivity index (χ0n) is 12.7. The van der Waals surface area contributed by atoms with Crippen LogP contribution in [0.3, 0.4) is 0 Å². The van der Waals surface area contributed by atoms with Gasteiger partial charge in [0.25, 0.3) is 5.91 Å². The normalized spacial score (nSPS) is 23.8. The first-order valence-electron chi connectivity index (χ1n) is 7.41. The van der Waals surface area contributed by atoms with Gasteiger partial charge in [-0.3, -0.25) is 14.4 Å². The smallest absolute Gasteiger partial charge is 0.253 e. The van der Waals surface area contributed by atoms with E-state index < -0.39 is 12.1 Å². The van der Waals surface area contributed by atoms with E-state index in [-0.39, 0.29) is 24.3 Å². The molecule has 2 aliphatic rings. The Hall–Kier alpha value is -2.88. The van der Waals surface area contributed by atoms with Crippen molar-refractivity contribution < 1.29 is 14.4 Å². The van der Waals surface area contributed by atoms with Gasteiger partial charge < -0.3 is 15.1 Å². The molecule has 0 aliphatic carbocycles. The second kappa shape index (κ2) is 5.72. The Morgan fingerprint density at radius 2 is 1.96 bits per heavy atom. The van der Waals surface area contributed by atoms with Crippen molar-refractivity contribution in [2.24, 2.45) is 0 Å². The molecule has 2 fully saturated rings. The molecule has 3 amide bonds. The van der Waals surface area contributed by atoms with Gasteiger partial charge in [0.1, 0.15) is 12.1 Å². The minimum Gasteiger partial charge on any atom is -0.343 e. The minimum absolute atomic E-state index is 0.111. The second-order valence-electron chi connectivity index (χ2n) is 5.72. The van der Waals surface area contributed by atoms with Crippen molar-refractivity contribution in [3.63, 3.8) is 0 Å². The lowest BCUT2D eigenvalue weighted by Crippen LogP contribution is -2.69. The Bertz CT molecular complexity index is 707. The largest absolute Gasteiger partial charge is 0.343 e. The maximum absolute atomic E-state index is 12.5. The van der Waals surface area contributed by atoms with Crippen LogP contribution in [0.4, 0.5) is 0 Å². The van der Waals surface area contributed by atoms with Gasteiger partial charge in [-0.25, -0.2) is 0 Å². The first-order chi connectivity index (χ1) is 11.0. The van der Waals surface area contributed by atoms with E-state index in [9.17, 15) is 14.4 Å². The molecule has 1 aromatic rings. The highest BCUT2D eigenvalue weighted by Crippen LogP contribution is 2.18. The summed E-state index contributed by atoms with van der Waals surface area (Å²) in [7, 11) is 0. The molecule has 0 saturated carbocycles. The SMILES string of the molecule is C[C@@H]1NC(=O)[C@H]2CN(C(=O)c3ccc(C#N)cc3)CCN2C1=O. The van der Waals surface area contributed by atoms with Gasteiger partial charge in [0.15, 0.2) is 0 Å². The van der Waals surface area contributed by atoms with E-state index in [1.165, 1.54) is 0 Å². The van der Waals surface area contributed by atoms with Crippen molar-refractivity contribution in [2.75, 3.05) is 19.6 Å². The summed E-state index contributed by atoms with van der Waals surface area (Å²) in [5, 5.41) is 11.4. The number of hydrogen-bond acceptors (Lipinski definition) is 4. The molecule has 2 atom stereocenters. The highest BCUT2D eigenvalue weighted by molar-refractivity contribution is 5.99. The fraction of sp³-hybridized carbons (Fsp3) is 0.375. The van der Waals surface area contributed by atoms with Gasteiger partial charge in [0.05, 0.1) is 18.2 Å². The predicted octanol–water partition coefficient (Wildman–Crippen LogP) is -0.270. The summed E-state index contributed by atoms with van der Waals surface area (Å²) >= 11 is 0. The van der Waals surface area contributed by atoms with Crippen LogP contribution in [0.15, 0.2) is 24.3 Å². The van der Waals surface area contributed by atoms with Gasteiger partial charge >= 0.3 is 0 Å². The molecule has 0 bridgehead atoms. The number of fused-ring (bicyclic) bond motifs is 1. The van der Waals surface area contributed by atoms with Gasteiger partial charge in [0, 0.05) is 18.7 Å². The molecule has 0 unspecified atom stereocenters. The van der Waals surface area contributed by atoms with Crippen molar-refractivity contribution in [1.82, 2.24) is 15.1 Å². The quantitative estimate of drug-likeness (QED) is 0.772. The monoisotopic (exact) mass is 312 g/mol. The van der Waals surface area contributed by atoms with Crippen molar-refractivity contribution >= 4 is 17.7 Å². The number of benzene rings is 1. The van der Waals surface area contributed by atoms with Crippen LogP contribution >= 0.6 is 0 Å². The zero-order valence-corrected chi connectivity index (χ0v) is 12.7. The molecule has 0 aromatic heterocycles. The zero-order chi connectivity index (χ0) is 16.6. The molecule has 0 spiro atoms.